The Morgan fingerprint density at radius 2 is 1.92 bits per heavy atom. The van der Waals surface area contributed by atoms with Crippen molar-refractivity contribution in [2.24, 2.45) is 0 Å². The quantitative estimate of drug-likeness (QED) is 0.817. The monoisotopic (exact) mass is 365 g/mol. The summed E-state index contributed by atoms with van der Waals surface area (Å²) >= 11 is 0. The summed E-state index contributed by atoms with van der Waals surface area (Å²) in [4.78, 5) is 12.6. The summed E-state index contributed by atoms with van der Waals surface area (Å²) in [7, 11) is -3.13. The summed E-state index contributed by atoms with van der Waals surface area (Å²) in [5.74, 6) is 0.222. The van der Waals surface area contributed by atoms with E-state index in [0.717, 1.165) is 0 Å². The molecule has 1 atom stereocenters. The molecule has 2 N–H and O–H groups in total. The molecule has 2 heterocycles. The number of hydrogen-bond donors (Lipinski definition) is 2. The van der Waals surface area contributed by atoms with Crippen LogP contribution >= 0.6 is 0 Å². The van der Waals surface area contributed by atoms with Crippen molar-refractivity contribution in [2.75, 3.05) is 18.8 Å². The van der Waals surface area contributed by atoms with E-state index in [1.54, 1.807) is 4.31 Å². The second kappa shape index (κ2) is 7.85. The molecule has 2 aliphatic heterocycles. The zero-order valence-electron chi connectivity index (χ0n) is 14.7. The molecule has 3 rings (SSSR count). The molecule has 1 saturated heterocycles. The molecule has 0 spiro atoms. The molecule has 25 heavy (non-hydrogen) atoms. The maximum Gasteiger partial charge on any atom is 0.237 e. The summed E-state index contributed by atoms with van der Waals surface area (Å²) in [5.41, 5.74) is 2.47. The second-order valence-corrected chi connectivity index (χ2v) is 8.99. The van der Waals surface area contributed by atoms with Crippen LogP contribution in [-0.4, -0.2) is 49.6 Å². The Morgan fingerprint density at radius 1 is 1.24 bits per heavy atom. The topological polar surface area (TPSA) is 78.5 Å². The Hall–Kier alpha value is -1.44. The van der Waals surface area contributed by atoms with Crippen molar-refractivity contribution in [3.63, 3.8) is 0 Å². The molecule has 0 aliphatic carbocycles. The molecule has 0 aromatic heterocycles. The van der Waals surface area contributed by atoms with Crippen molar-refractivity contribution < 1.29 is 13.2 Å². The molecular formula is C18H27N3O3S. The van der Waals surface area contributed by atoms with E-state index in [2.05, 4.69) is 22.8 Å². The van der Waals surface area contributed by atoms with Crippen LogP contribution in [0, 0.1) is 0 Å². The van der Waals surface area contributed by atoms with E-state index in [0.29, 0.717) is 45.3 Å². The molecule has 1 aromatic rings. The lowest BCUT2D eigenvalue weighted by atomic mass is 9.95. The molecule has 0 radical (unpaired) electrons. The third kappa shape index (κ3) is 4.40. The molecule has 1 amide bonds. The minimum atomic E-state index is -3.13. The van der Waals surface area contributed by atoms with E-state index >= 15 is 0 Å². The number of sulfonamides is 1. The van der Waals surface area contributed by atoms with Gasteiger partial charge in [0.2, 0.25) is 15.9 Å². The van der Waals surface area contributed by atoms with Gasteiger partial charge in [0.1, 0.15) is 0 Å². The molecule has 1 fully saturated rings. The van der Waals surface area contributed by atoms with E-state index in [1.807, 2.05) is 19.1 Å². The van der Waals surface area contributed by atoms with Gasteiger partial charge in [0.05, 0.1) is 11.8 Å². The molecule has 7 heteroatoms. The predicted octanol–water partition coefficient (Wildman–Crippen LogP) is 1.02. The van der Waals surface area contributed by atoms with Crippen LogP contribution in [0.1, 0.15) is 37.3 Å². The van der Waals surface area contributed by atoms with Crippen molar-refractivity contribution >= 4 is 15.9 Å². The number of piperidine rings is 1. The SMILES string of the molecule is CCCS(=O)(=O)N1CCC(NC(=O)C2Cc3ccccc3CN2)CC1. The Morgan fingerprint density at radius 3 is 2.60 bits per heavy atom. The van der Waals surface area contributed by atoms with Gasteiger partial charge < -0.3 is 10.6 Å². The summed E-state index contributed by atoms with van der Waals surface area (Å²) in [6.45, 7) is 3.57. The standard InChI is InChI=1S/C18H27N3O3S/c1-2-11-25(23,24)21-9-7-16(8-10-21)20-18(22)17-12-14-5-3-4-6-15(14)13-19-17/h3-6,16-17,19H,2,7-13H2,1H3,(H,20,22). The molecule has 138 valence electrons. The fraction of sp³-hybridized carbons (Fsp3) is 0.611. The highest BCUT2D eigenvalue weighted by Crippen LogP contribution is 2.18. The smallest absolute Gasteiger partial charge is 0.237 e. The van der Waals surface area contributed by atoms with Crippen molar-refractivity contribution in [1.29, 1.82) is 0 Å². The van der Waals surface area contributed by atoms with Gasteiger partial charge in [0.15, 0.2) is 0 Å². The van der Waals surface area contributed by atoms with Gasteiger partial charge in [-0.2, -0.15) is 0 Å². The van der Waals surface area contributed by atoms with Crippen LogP contribution in [0.15, 0.2) is 24.3 Å². The van der Waals surface area contributed by atoms with Gasteiger partial charge in [0, 0.05) is 25.7 Å². The number of nitrogens with one attached hydrogen (secondary N) is 2. The fourth-order valence-corrected chi connectivity index (χ4v) is 5.15. The number of rotatable bonds is 5. The summed E-state index contributed by atoms with van der Waals surface area (Å²) in [5, 5.41) is 6.40. The highest BCUT2D eigenvalue weighted by atomic mass is 32.2. The van der Waals surface area contributed by atoms with Gasteiger partial charge in [-0.25, -0.2) is 12.7 Å². The fourth-order valence-electron chi connectivity index (χ4n) is 3.61. The number of carbonyl (C=O) groups is 1. The van der Waals surface area contributed by atoms with Crippen molar-refractivity contribution in [3.8, 4) is 0 Å². The number of carbonyl (C=O) groups excluding carboxylic acids is 1. The van der Waals surface area contributed by atoms with Gasteiger partial charge in [-0.3, -0.25) is 4.79 Å². The first kappa shape index (κ1) is 18.4. The third-order valence-corrected chi connectivity index (χ3v) is 7.13. The highest BCUT2D eigenvalue weighted by molar-refractivity contribution is 7.89. The molecule has 1 unspecified atom stereocenters. The largest absolute Gasteiger partial charge is 0.352 e. The van der Waals surface area contributed by atoms with Crippen molar-refractivity contribution in [3.05, 3.63) is 35.4 Å². The van der Waals surface area contributed by atoms with Crippen LogP contribution in [-0.2, 0) is 27.8 Å². The zero-order valence-corrected chi connectivity index (χ0v) is 15.5. The van der Waals surface area contributed by atoms with E-state index < -0.39 is 10.0 Å². The van der Waals surface area contributed by atoms with E-state index in [-0.39, 0.29) is 23.7 Å². The first-order chi connectivity index (χ1) is 12.0. The lowest BCUT2D eigenvalue weighted by Gasteiger charge is -2.33. The van der Waals surface area contributed by atoms with Crippen LogP contribution in [0.5, 0.6) is 0 Å². The average Bonchev–Trinajstić information content (AvgIpc) is 2.61. The van der Waals surface area contributed by atoms with Crippen LogP contribution in [0.25, 0.3) is 0 Å². The van der Waals surface area contributed by atoms with Gasteiger partial charge in [0.25, 0.3) is 0 Å². The van der Waals surface area contributed by atoms with Crippen LogP contribution < -0.4 is 10.6 Å². The Bertz CT molecular complexity index is 712. The Balaban J connectivity index is 1.50. The number of fused-ring (bicyclic) bond motifs is 1. The summed E-state index contributed by atoms with van der Waals surface area (Å²) in [6, 6.07) is 8.03. The number of amides is 1. The third-order valence-electron chi connectivity index (χ3n) is 5.05. The highest BCUT2D eigenvalue weighted by Gasteiger charge is 2.30. The van der Waals surface area contributed by atoms with Gasteiger partial charge in [-0.15, -0.1) is 0 Å². The lowest BCUT2D eigenvalue weighted by molar-refractivity contribution is -0.124. The maximum absolute atomic E-state index is 12.6. The van der Waals surface area contributed by atoms with Crippen LogP contribution in [0.4, 0.5) is 0 Å². The van der Waals surface area contributed by atoms with E-state index in [4.69, 9.17) is 0 Å². The zero-order chi connectivity index (χ0) is 17.9. The van der Waals surface area contributed by atoms with E-state index in [1.165, 1.54) is 11.1 Å². The number of benzene rings is 1. The second-order valence-electron chi connectivity index (χ2n) is 6.90. The first-order valence-corrected chi connectivity index (χ1v) is 10.7. The van der Waals surface area contributed by atoms with Gasteiger partial charge in [-0.1, -0.05) is 31.2 Å². The molecular weight excluding hydrogens is 338 g/mol. The lowest BCUT2D eigenvalue weighted by Crippen LogP contribution is -2.53. The average molecular weight is 365 g/mol. The Kier molecular flexibility index (Phi) is 5.76. The minimum absolute atomic E-state index is 0.0179. The molecule has 2 aliphatic rings. The summed E-state index contributed by atoms with van der Waals surface area (Å²) in [6.07, 6.45) is 2.69. The predicted molar refractivity (Wildman–Crippen MR) is 97.6 cm³/mol. The first-order valence-electron chi connectivity index (χ1n) is 9.08. The van der Waals surface area contributed by atoms with Gasteiger partial charge in [-0.05, 0) is 36.8 Å². The molecule has 6 nitrogen and oxygen atoms in total. The van der Waals surface area contributed by atoms with Gasteiger partial charge >= 0.3 is 0 Å². The molecule has 0 saturated carbocycles. The normalized spacial score (nSPS) is 22.4. The van der Waals surface area contributed by atoms with Crippen LogP contribution in [0.2, 0.25) is 0 Å². The minimum Gasteiger partial charge on any atom is -0.352 e. The van der Waals surface area contributed by atoms with Crippen molar-refractivity contribution in [1.82, 2.24) is 14.9 Å². The molecule has 0 bridgehead atoms. The van der Waals surface area contributed by atoms with Crippen LogP contribution in [0.3, 0.4) is 0 Å². The van der Waals surface area contributed by atoms with E-state index in [9.17, 15) is 13.2 Å². The Labute approximate surface area is 150 Å². The summed E-state index contributed by atoms with van der Waals surface area (Å²) < 4.78 is 25.8. The maximum atomic E-state index is 12.6. The molecule has 1 aromatic carbocycles. The number of hydrogen-bond acceptors (Lipinski definition) is 4. The number of nitrogens with zero attached hydrogens (tertiary/aromatic N) is 1. The van der Waals surface area contributed by atoms with Crippen molar-refractivity contribution in [2.45, 2.75) is 51.2 Å².